The number of fused-ring (bicyclic) bond motifs is 9. The monoisotopic (exact) mass is 664 g/mol. The summed E-state index contributed by atoms with van der Waals surface area (Å²) in [5.41, 5.74) is 16.7. The van der Waals surface area contributed by atoms with Crippen molar-refractivity contribution < 1.29 is 4.74 Å². The van der Waals surface area contributed by atoms with E-state index in [-0.39, 0.29) is 0 Å². The van der Waals surface area contributed by atoms with Crippen molar-refractivity contribution in [3.8, 4) is 50.5 Å². The summed E-state index contributed by atoms with van der Waals surface area (Å²) in [5, 5.41) is 3.76. The first kappa shape index (κ1) is 29.0. The number of hydrogen-bond acceptors (Lipinski definition) is 1. The third kappa shape index (κ3) is 4.28. The fraction of sp³-hybridized carbons (Fsp3) is 0.0612. The van der Waals surface area contributed by atoms with Gasteiger partial charge in [-0.15, -0.1) is 0 Å². The zero-order valence-corrected chi connectivity index (χ0v) is 28.4. The molecule has 2 aromatic heterocycles. The van der Waals surface area contributed by atoms with E-state index in [1.165, 1.54) is 71.9 Å². The molecule has 2 aliphatic rings. The SMILES string of the molecule is c1ccc2c(c#1)-c1c(cccc1-n1c3c(c4cc(-c5ccc6c(c5)c5ccccc5n6-c5ccccc5-c5ccccc5)ccc41)C=CCC3)OC2. The number of ether oxygens (including phenoxy) is 1. The molecular formula is C49H32N2O. The zero-order valence-electron chi connectivity index (χ0n) is 28.4. The van der Waals surface area contributed by atoms with Crippen LogP contribution in [-0.2, 0) is 13.0 Å². The predicted molar refractivity (Wildman–Crippen MR) is 213 cm³/mol. The van der Waals surface area contributed by atoms with Gasteiger partial charge in [0.05, 0.1) is 33.5 Å². The normalized spacial score (nSPS) is 13.1. The van der Waals surface area contributed by atoms with Crippen LogP contribution < -0.4 is 4.74 Å². The highest BCUT2D eigenvalue weighted by Crippen LogP contribution is 2.45. The summed E-state index contributed by atoms with van der Waals surface area (Å²) in [6.07, 6.45) is 6.64. The number of allylic oxidation sites excluding steroid dienone is 1. The zero-order chi connectivity index (χ0) is 34.2. The fourth-order valence-corrected chi connectivity index (χ4v) is 8.61. The summed E-state index contributed by atoms with van der Waals surface area (Å²) in [5.74, 6) is 0.901. The average molecular weight is 665 g/mol. The minimum absolute atomic E-state index is 0.552. The molecule has 0 radical (unpaired) electrons. The molecule has 1 aliphatic carbocycles. The van der Waals surface area contributed by atoms with Crippen LogP contribution in [0.1, 0.15) is 23.2 Å². The van der Waals surface area contributed by atoms with Crippen molar-refractivity contribution in [1.29, 1.82) is 0 Å². The van der Waals surface area contributed by atoms with E-state index in [9.17, 15) is 0 Å². The van der Waals surface area contributed by atoms with Crippen LogP contribution in [0.5, 0.6) is 5.75 Å². The Balaban J connectivity index is 1.10. The topological polar surface area (TPSA) is 19.1 Å². The smallest absolute Gasteiger partial charge is 0.130 e. The third-order valence-electron chi connectivity index (χ3n) is 10.9. The second kappa shape index (κ2) is 11.4. The fourth-order valence-electron chi connectivity index (χ4n) is 8.61. The lowest BCUT2D eigenvalue weighted by Crippen LogP contribution is -2.10. The number of nitrogens with zero attached hydrogens (tertiary/aromatic N) is 2. The molecule has 52 heavy (non-hydrogen) atoms. The van der Waals surface area contributed by atoms with E-state index in [1.54, 1.807) is 0 Å². The second-order valence-corrected chi connectivity index (χ2v) is 13.8. The first-order valence-corrected chi connectivity index (χ1v) is 18.0. The average Bonchev–Trinajstić information content (AvgIpc) is 3.73. The van der Waals surface area contributed by atoms with Gasteiger partial charge in [-0.1, -0.05) is 109 Å². The number of aromatic nitrogens is 2. The van der Waals surface area contributed by atoms with Gasteiger partial charge in [0.25, 0.3) is 0 Å². The van der Waals surface area contributed by atoms with Crippen LogP contribution in [0, 0.1) is 12.1 Å². The first-order valence-electron chi connectivity index (χ1n) is 18.0. The molecule has 7 aromatic carbocycles. The number of hydrogen-bond donors (Lipinski definition) is 0. The molecule has 244 valence electrons. The maximum absolute atomic E-state index is 6.28. The van der Waals surface area contributed by atoms with Gasteiger partial charge in [0.2, 0.25) is 0 Å². The first-order chi connectivity index (χ1) is 25.8. The van der Waals surface area contributed by atoms with Crippen molar-refractivity contribution in [2.24, 2.45) is 0 Å². The van der Waals surface area contributed by atoms with Crippen molar-refractivity contribution >= 4 is 38.8 Å². The highest BCUT2D eigenvalue weighted by molar-refractivity contribution is 6.11. The van der Waals surface area contributed by atoms with E-state index in [0.29, 0.717) is 6.61 Å². The molecule has 3 heteroatoms. The Hall–Kier alpha value is -6.76. The van der Waals surface area contributed by atoms with E-state index in [1.807, 2.05) is 6.07 Å². The van der Waals surface area contributed by atoms with Gasteiger partial charge in [0, 0.05) is 44.1 Å². The lowest BCUT2D eigenvalue weighted by molar-refractivity contribution is 0.302. The predicted octanol–water partition coefficient (Wildman–Crippen LogP) is 12.2. The van der Waals surface area contributed by atoms with E-state index >= 15 is 0 Å². The molecule has 0 amide bonds. The summed E-state index contributed by atoms with van der Waals surface area (Å²) >= 11 is 0. The lowest BCUT2D eigenvalue weighted by Gasteiger charge is -2.24. The summed E-state index contributed by atoms with van der Waals surface area (Å²) in [6.45, 7) is 0.552. The standard InChI is InChI=1S/C49H32N2O/c1-2-13-32(14-3-1)36-16-6-9-20-42(36)50-43-21-10-7-18-38(43)40-29-33(25-27-45(40)50)34-26-28-46-41(30-34)39-19-8-11-22-44(39)51(46)47-23-12-24-48-49(47)37-17-5-4-15-35(37)31-52-48/h1-4,6-10,12-16,18-21,23-30H,11,22,31H2. The van der Waals surface area contributed by atoms with Gasteiger partial charge in [-0.25, -0.2) is 0 Å². The Morgan fingerprint density at radius 2 is 1.33 bits per heavy atom. The van der Waals surface area contributed by atoms with E-state index in [4.69, 9.17) is 4.74 Å². The molecule has 0 unspecified atom stereocenters. The van der Waals surface area contributed by atoms with Crippen molar-refractivity contribution in [3.05, 3.63) is 181 Å². The summed E-state index contributed by atoms with van der Waals surface area (Å²) in [7, 11) is 0. The molecular weight excluding hydrogens is 633 g/mol. The summed E-state index contributed by atoms with van der Waals surface area (Å²) < 4.78 is 11.2. The van der Waals surface area contributed by atoms with Gasteiger partial charge in [0.15, 0.2) is 0 Å². The Bertz CT molecular complexity index is 2910. The van der Waals surface area contributed by atoms with Crippen LogP contribution in [0.2, 0.25) is 0 Å². The summed E-state index contributed by atoms with van der Waals surface area (Å²) in [4.78, 5) is 0. The van der Waals surface area contributed by atoms with E-state index in [0.717, 1.165) is 41.0 Å². The van der Waals surface area contributed by atoms with Gasteiger partial charge in [-0.2, -0.15) is 0 Å². The highest BCUT2D eigenvalue weighted by atomic mass is 16.5. The van der Waals surface area contributed by atoms with Crippen LogP contribution in [0.4, 0.5) is 0 Å². The van der Waals surface area contributed by atoms with Gasteiger partial charge in [-0.3, -0.25) is 0 Å². The molecule has 3 heterocycles. The van der Waals surface area contributed by atoms with E-state index in [2.05, 4.69) is 173 Å². The second-order valence-electron chi connectivity index (χ2n) is 13.8. The van der Waals surface area contributed by atoms with Crippen LogP contribution in [-0.4, -0.2) is 9.13 Å². The Morgan fingerprint density at radius 1 is 0.577 bits per heavy atom. The molecule has 0 spiro atoms. The number of benzene rings is 6. The third-order valence-corrected chi connectivity index (χ3v) is 10.9. The van der Waals surface area contributed by atoms with E-state index < -0.39 is 0 Å². The van der Waals surface area contributed by atoms with Crippen LogP contribution >= 0.6 is 0 Å². The largest absolute Gasteiger partial charge is 0.488 e. The quantitative estimate of drug-likeness (QED) is 0.183. The molecule has 9 aromatic rings. The molecule has 0 bridgehead atoms. The molecule has 0 saturated carbocycles. The molecule has 0 fully saturated rings. The maximum Gasteiger partial charge on any atom is 0.130 e. The van der Waals surface area contributed by atoms with Crippen LogP contribution in [0.25, 0.3) is 83.5 Å². The van der Waals surface area contributed by atoms with Gasteiger partial charge >= 0.3 is 0 Å². The summed E-state index contributed by atoms with van der Waals surface area (Å²) in [6, 6.07) is 59.2. The Kier molecular flexibility index (Phi) is 6.35. The van der Waals surface area contributed by atoms with Crippen LogP contribution in [0.3, 0.4) is 0 Å². The maximum atomic E-state index is 6.28. The van der Waals surface area contributed by atoms with Crippen molar-refractivity contribution in [2.75, 3.05) is 0 Å². The van der Waals surface area contributed by atoms with Crippen molar-refractivity contribution in [1.82, 2.24) is 9.13 Å². The van der Waals surface area contributed by atoms with Crippen LogP contribution in [0.15, 0.2) is 152 Å². The molecule has 0 saturated heterocycles. The molecule has 3 nitrogen and oxygen atoms in total. The van der Waals surface area contributed by atoms with Gasteiger partial charge in [-0.05, 0) is 90.2 Å². The molecule has 0 N–H and O–H groups in total. The minimum Gasteiger partial charge on any atom is -0.488 e. The Morgan fingerprint density at radius 3 is 2.23 bits per heavy atom. The number of para-hydroxylation sites is 2. The lowest BCUT2D eigenvalue weighted by atomic mass is 9.96. The van der Waals surface area contributed by atoms with Crippen molar-refractivity contribution in [3.63, 3.8) is 0 Å². The highest BCUT2D eigenvalue weighted by Gasteiger charge is 2.26. The molecule has 1 aliphatic heterocycles. The number of rotatable bonds is 4. The minimum atomic E-state index is 0.552. The molecule has 11 rings (SSSR count). The van der Waals surface area contributed by atoms with Gasteiger partial charge < -0.3 is 13.9 Å². The Labute approximate surface area is 302 Å². The molecule has 0 atom stereocenters. The van der Waals surface area contributed by atoms with Gasteiger partial charge in [0.1, 0.15) is 12.4 Å². The van der Waals surface area contributed by atoms with Crippen molar-refractivity contribution in [2.45, 2.75) is 19.4 Å².